The molecular formula is C15H21N3O. The average molecular weight is 259 g/mol. The standard InChI is InChI=1S/C15H21N3O/c1-16-11-14-6-7-15(19-14)12-18(2)10-8-13-5-3-4-9-17-13/h3-7,9,16H,8,10-12H2,1-2H3. The van der Waals surface area contributed by atoms with E-state index in [0.717, 1.165) is 43.3 Å². The third kappa shape index (κ3) is 4.50. The van der Waals surface area contributed by atoms with Gasteiger partial charge in [-0.1, -0.05) is 6.07 Å². The van der Waals surface area contributed by atoms with Crippen LogP contribution >= 0.6 is 0 Å². The van der Waals surface area contributed by atoms with Crippen molar-refractivity contribution in [3.8, 4) is 0 Å². The number of hydrogen-bond donors (Lipinski definition) is 1. The van der Waals surface area contributed by atoms with Crippen molar-refractivity contribution >= 4 is 0 Å². The van der Waals surface area contributed by atoms with Crippen molar-refractivity contribution in [3.05, 3.63) is 53.7 Å². The monoisotopic (exact) mass is 259 g/mol. The lowest BCUT2D eigenvalue weighted by Gasteiger charge is -2.14. The van der Waals surface area contributed by atoms with Crippen molar-refractivity contribution in [2.24, 2.45) is 0 Å². The second kappa shape index (κ2) is 7.07. The van der Waals surface area contributed by atoms with E-state index < -0.39 is 0 Å². The Morgan fingerprint density at radius 1 is 1.21 bits per heavy atom. The number of nitrogens with zero attached hydrogens (tertiary/aromatic N) is 2. The van der Waals surface area contributed by atoms with Gasteiger partial charge < -0.3 is 9.73 Å². The predicted octanol–water partition coefficient (Wildman–Crippen LogP) is 2.07. The van der Waals surface area contributed by atoms with Crippen LogP contribution in [0.15, 0.2) is 40.9 Å². The SMILES string of the molecule is CNCc1ccc(CN(C)CCc2ccccn2)o1. The van der Waals surface area contributed by atoms with Gasteiger partial charge in [-0.2, -0.15) is 0 Å². The summed E-state index contributed by atoms with van der Waals surface area (Å²) in [5.74, 6) is 1.99. The van der Waals surface area contributed by atoms with Gasteiger partial charge in [-0.15, -0.1) is 0 Å². The van der Waals surface area contributed by atoms with E-state index in [4.69, 9.17) is 4.42 Å². The fraction of sp³-hybridized carbons (Fsp3) is 0.400. The molecule has 0 radical (unpaired) electrons. The largest absolute Gasteiger partial charge is 0.463 e. The maximum atomic E-state index is 5.73. The van der Waals surface area contributed by atoms with Crippen molar-refractivity contribution in [1.29, 1.82) is 0 Å². The Balaban J connectivity index is 1.78. The van der Waals surface area contributed by atoms with Crippen molar-refractivity contribution in [2.45, 2.75) is 19.5 Å². The zero-order valence-electron chi connectivity index (χ0n) is 11.6. The summed E-state index contributed by atoms with van der Waals surface area (Å²) < 4.78 is 5.73. The minimum absolute atomic E-state index is 0.775. The number of pyridine rings is 1. The highest BCUT2D eigenvalue weighted by atomic mass is 16.3. The molecule has 0 fully saturated rings. The Bertz CT molecular complexity index is 481. The smallest absolute Gasteiger partial charge is 0.118 e. The molecule has 4 heteroatoms. The molecule has 0 aliphatic heterocycles. The Morgan fingerprint density at radius 3 is 2.79 bits per heavy atom. The number of hydrogen-bond acceptors (Lipinski definition) is 4. The lowest BCUT2D eigenvalue weighted by molar-refractivity contribution is 0.292. The molecule has 0 amide bonds. The van der Waals surface area contributed by atoms with Crippen LogP contribution in [0.25, 0.3) is 0 Å². The fourth-order valence-electron chi connectivity index (χ4n) is 1.97. The van der Waals surface area contributed by atoms with Crippen molar-refractivity contribution in [3.63, 3.8) is 0 Å². The molecule has 0 atom stereocenters. The zero-order chi connectivity index (χ0) is 13.5. The first kappa shape index (κ1) is 13.8. The number of rotatable bonds is 7. The third-order valence-corrected chi connectivity index (χ3v) is 2.97. The second-order valence-electron chi connectivity index (χ2n) is 4.71. The van der Waals surface area contributed by atoms with Crippen LogP contribution in [-0.4, -0.2) is 30.5 Å². The molecule has 2 aromatic rings. The Labute approximate surface area is 114 Å². The summed E-state index contributed by atoms with van der Waals surface area (Å²) in [6.07, 6.45) is 2.80. The van der Waals surface area contributed by atoms with Gasteiger partial charge in [-0.3, -0.25) is 9.88 Å². The molecule has 0 spiro atoms. The summed E-state index contributed by atoms with van der Waals surface area (Å²) in [5, 5.41) is 3.08. The molecule has 102 valence electrons. The molecule has 0 aromatic carbocycles. The first-order valence-corrected chi connectivity index (χ1v) is 6.58. The van der Waals surface area contributed by atoms with Crippen LogP contribution in [0.5, 0.6) is 0 Å². The van der Waals surface area contributed by atoms with Gasteiger partial charge in [0.25, 0.3) is 0 Å². The number of nitrogens with one attached hydrogen (secondary N) is 1. The topological polar surface area (TPSA) is 41.3 Å². The van der Waals surface area contributed by atoms with Gasteiger partial charge in [0.05, 0.1) is 13.1 Å². The summed E-state index contributed by atoms with van der Waals surface area (Å²) in [5.41, 5.74) is 1.13. The maximum Gasteiger partial charge on any atom is 0.118 e. The quantitative estimate of drug-likeness (QED) is 0.826. The minimum atomic E-state index is 0.775. The van der Waals surface area contributed by atoms with Crippen molar-refractivity contribution in [1.82, 2.24) is 15.2 Å². The molecule has 0 bridgehead atoms. The summed E-state index contributed by atoms with van der Waals surface area (Å²) >= 11 is 0. The van der Waals surface area contributed by atoms with Gasteiger partial charge in [-0.05, 0) is 38.4 Å². The molecule has 4 nitrogen and oxygen atoms in total. The molecule has 2 aromatic heterocycles. The number of likely N-dealkylation sites (N-methyl/N-ethyl adjacent to an activating group) is 1. The molecule has 19 heavy (non-hydrogen) atoms. The van der Waals surface area contributed by atoms with Crippen LogP contribution in [0.1, 0.15) is 17.2 Å². The first-order chi connectivity index (χ1) is 9.28. The summed E-state index contributed by atoms with van der Waals surface area (Å²) in [6, 6.07) is 10.1. The third-order valence-electron chi connectivity index (χ3n) is 2.97. The maximum absolute atomic E-state index is 5.73. The van der Waals surface area contributed by atoms with E-state index >= 15 is 0 Å². The molecule has 0 aliphatic carbocycles. The Kier molecular flexibility index (Phi) is 5.12. The molecule has 0 saturated heterocycles. The number of furan rings is 1. The van der Waals surface area contributed by atoms with Crippen LogP contribution in [0.3, 0.4) is 0 Å². The average Bonchev–Trinajstić information content (AvgIpc) is 2.85. The van der Waals surface area contributed by atoms with Gasteiger partial charge in [0.15, 0.2) is 0 Å². The first-order valence-electron chi connectivity index (χ1n) is 6.58. The van der Waals surface area contributed by atoms with Crippen LogP contribution in [0, 0.1) is 0 Å². The Morgan fingerprint density at radius 2 is 2.05 bits per heavy atom. The van der Waals surface area contributed by atoms with E-state index in [9.17, 15) is 0 Å². The lowest BCUT2D eigenvalue weighted by atomic mass is 10.2. The molecule has 1 N–H and O–H groups in total. The molecule has 2 heterocycles. The van der Waals surface area contributed by atoms with Gasteiger partial charge in [0.1, 0.15) is 11.5 Å². The van der Waals surface area contributed by atoms with E-state index in [1.165, 1.54) is 0 Å². The fourth-order valence-corrected chi connectivity index (χ4v) is 1.97. The molecule has 0 unspecified atom stereocenters. The number of aromatic nitrogens is 1. The summed E-state index contributed by atoms with van der Waals surface area (Å²) in [4.78, 5) is 6.57. The Hall–Kier alpha value is -1.65. The molecular weight excluding hydrogens is 238 g/mol. The van der Waals surface area contributed by atoms with E-state index in [1.807, 2.05) is 37.5 Å². The highest BCUT2D eigenvalue weighted by Gasteiger charge is 2.05. The van der Waals surface area contributed by atoms with Gasteiger partial charge >= 0.3 is 0 Å². The van der Waals surface area contributed by atoms with Crippen LogP contribution in [0.2, 0.25) is 0 Å². The lowest BCUT2D eigenvalue weighted by Crippen LogP contribution is -2.20. The van der Waals surface area contributed by atoms with Crippen LogP contribution in [0.4, 0.5) is 0 Å². The normalized spacial score (nSPS) is 11.1. The van der Waals surface area contributed by atoms with Crippen LogP contribution < -0.4 is 5.32 Å². The van der Waals surface area contributed by atoms with E-state index in [0.29, 0.717) is 0 Å². The summed E-state index contributed by atoms with van der Waals surface area (Å²) in [6.45, 7) is 2.58. The summed E-state index contributed by atoms with van der Waals surface area (Å²) in [7, 11) is 4.02. The van der Waals surface area contributed by atoms with E-state index in [2.05, 4.69) is 28.3 Å². The highest BCUT2D eigenvalue weighted by molar-refractivity contribution is 5.07. The van der Waals surface area contributed by atoms with E-state index in [-0.39, 0.29) is 0 Å². The molecule has 0 aliphatic rings. The molecule has 0 saturated carbocycles. The van der Waals surface area contributed by atoms with Gasteiger partial charge in [0, 0.05) is 24.9 Å². The zero-order valence-corrected chi connectivity index (χ0v) is 11.6. The predicted molar refractivity (Wildman–Crippen MR) is 75.7 cm³/mol. The van der Waals surface area contributed by atoms with Crippen LogP contribution in [-0.2, 0) is 19.5 Å². The minimum Gasteiger partial charge on any atom is -0.463 e. The van der Waals surface area contributed by atoms with Gasteiger partial charge in [0.2, 0.25) is 0 Å². The van der Waals surface area contributed by atoms with Gasteiger partial charge in [-0.25, -0.2) is 0 Å². The van der Waals surface area contributed by atoms with Crippen molar-refractivity contribution < 1.29 is 4.42 Å². The second-order valence-corrected chi connectivity index (χ2v) is 4.71. The van der Waals surface area contributed by atoms with Crippen molar-refractivity contribution in [2.75, 3.05) is 20.6 Å². The molecule has 2 rings (SSSR count). The highest BCUT2D eigenvalue weighted by Crippen LogP contribution is 2.10. The van der Waals surface area contributed by atoms with E-state index in [1.54, 1.807) is 0 Å².